The van der Waals surface area contributed by atoms with Gasteiger partial charge in [0.2, 0.25) is 0 Å². The van der Waals surface area contributed by atoms with Crippen LogP contribution in [0, 0.1) is 11.7 Å². The highest BCUT2D eigenvalue weighted by Crippen LogP contribution is 2.32. The summed E-state index contributed by atoms with van der Waals surface area (Å²) in [5.74, 6) is 0.315. The van der Waals surface area contributed by atoms with Gasteiger partial charge in [-0.15, -0.1) is 0 Å². The van der Waals surface area contributed by atoms with Gasteiger partial charge in [-0.25, -0.2) is 9.18 Å². The molecule has 2 aliphatic rings. The average Bonchev–Trinajstić information content (AvgIpc) is 2.35. The van der Waals surface area contributed by atoms with Crippen LogP contribution in [0.3, 0.4) is 0 Å². The Balaban J connectivity index is 1.59. The van der Waals surface area contributed by atoms with Crippen LogP contribution in [0.5, 0.6) is 0 Å². The molecule has 2 atom stereocenters. The lowest BCUT2D eigenvalue weighted by Crippen LogP contribution is -2.65. The number of likely N-dealkylation sites (tertiary alicyclic amines) is 2. The second-order valence-electron chi connectivity index (χ2n) is 5.47. The van der Waals surface area contributed by atoms with Crippen LogP contribution < -0.4 is 5.32 Å². The number of halogens is 1. The van der Waals surface area contributed by atoms with E-state index in [-0.39, 0.29) is 11.8 Å². The van der Waals surface area contributed by atoms with E-state index in [1.54, 1.807) is 12.1 Å². The van der Waals surface area contributed by atoms with Gasteiger partial charge in [-0.2, -0.15) is 0 Å². The maximum atomic E-state index is 12.8. The Morgan fingerprint density at radius 3 is 2.74 bits per heavy atom. The molecule has 2 heterocycles. The SMILES string of the molecule is CN1CC[C@@H]2[C@H](C1)CN2C(=O)Nc1ccc(F)cc1. The number of hydrogen-bond acceptors (Lipinski definition) is 2. The molecule has 0 bridgehead atoms. The van der Waals surface area contributed by atoms with Gasteiger partial charge in [-0.05, 0) is 44.3 Å². The quantitative estimate of drug-likeness (QED) is 0.841. The summed E-state index contributed by atoms with van der Waals surface area (Å²) in [6, 6.07) is 6.17. The van der Waals surface area contributed by atoms with Crippen molar-refractivity contribution in [2.75, 3.05) is 32.0 Å². The van der Waals surface area contributed by atoms with Crippen LogP contribution in [0.2, 0.25) is 0 Å². The van der Waals surface area contributed by atoms with Crippen molar-refractivity contribution in [3.05, 3.63) is 30.1 Å². The van der Waals surface area contributed by atoms with Gasteiger partial charge < -0.3 is 15.1 Å². The maximum Gasteiger partial charge on any atom is 0.322 e. The molecule has 0 aromatic heterocycles. The summed E-state index contributed by atoms with van der Waals surface area (Å²) in [5.41, 5.74) is 0.641. The van der Waals surface area contributed by atoms with Gasteiger partial charge in [0.25, 0.3) is 0 Å². The average molecular weight is 263 g/mol. The van der Waals surface area contributed by atoms with Crippen LogP contribution in [0.1, 0.15) is 6.42 Å². The number of anilines is 1. The van der Waals surface area contributed by atoms with E-state index in [0.29, 0.717) is 17.6 Å². The summed E-state index contributed by atoms with van der Waals surface area (Å²) < 4.78 is 12.8. The molecule has 0 radical (unpaired) electrons. The third kappa shape index (κ3) is 2.42. The zero-order chi connectivity index (χ0) is 13.4. The summed E-state index contributed by atoms with van der Waals surface area (Å²) >= 11 is 0. The Kier molecular flexibility index (Phi) is 3.14. The van der Waals surface area contributed by atoms with E-state index < -0.39 is 0 Å². The second-order valence-corrected chi connectivity index (χ2v) is 5.47. The van der Waals surface area contributed by atoms with Crippen molar-refractivity contribution in [3.63, 3.8) is 0 Å². The highest BCUT2D eigenvalue weighted by molar-refractivity contribution is 5.90. The van der Waals surface area contributed by atoms with Gasteiger partial charge in [0.15, 0.2) is 0 Å². The molecule has 2 saturated heterocycles. The van der Waals surface area contributed by atoms with E-state index in [4.69, 9.17) is 0 Å². The minimum absolute atomic E-state index is 0.0718. The van der Waals surface area contributed by atoms with E-state index in [1.807, 2.05) is 4.90 Å². The number of urea groups is 1. The van der Waals surface area contributed by atoms with Crippen molar-refractivity contribution in [2.24, 2.45) is 5.92 Å². The van der Waals surface area contributed by atoms with Crippen molar-refractivity contribution in [1.29, 1.82) is 0 Å². The predicted molar refractivity (Wildman–Crippen MR) is 71.5 cm³/mol. The molecular weight excluding hydrogens is 245 g/mol. The first-order valence-corrected chi connectivity index (χ1v) is 6.65. The molecule has 1 aromatic rings. The first kappa shape index (κ1) is 12.4. The van der Waals surface area contributed by atoms with E-state index in [2.05, 4.69) is 17.3 Å². The van der Waals surface area contributed by atoms with Crippen LogP contribution in [0.25, 0.3) is 0 Å². The molecule has 0 aliphatic carbocycles. The number of fused-ring (bicyclic) bond motifs is 1. The zero-order valence-corrected chi connectivity index (χ0v) is 11.0. The number of hydrogen-bond donors (Lipinski definition) is 1. The summed E-state index contributed by atoms with van der Waals surface area (Å²) in [6.07, 6.45) is 1.04. The third-order valence-corrected chi connectivity index (χ3v) is 4.08. The molecule has 5 heteroatoms. The number of rotatable bonds is 1. The van der Waals surface area contributed by atoms with Gasteiger partial charge in [-0.3, -0.25) is 0 Å². The van der Waals surface area contributed by atoms with E-state index in [9.17, 15) is 9.18 Å². The fourth-order valence-electron chi connectivity index (χ4n) is 3.00. The Bertz CT molecular complexity index is 476. The number of benzene rings is 1. The lowest BCUT2D eigenvalue weighted by molar-refractivity contribution is -0.00204. The number of carbonyl (C=O) groups is 1. The lowest BCUT2D eigenvalue weighted by atomic mass is 9.83. The van der Waals surface area contributed by atoms with Crippen molar-refractivity contribution in [1.82, 2.24) is 9.80 Å². The summed E-state index contributed by atoms with van der Waals surface area (Å²) in [5, 5.41) is 2.82. The number of carbonyl (C=O) groups excluding carboxylic acids is 1. The summed E-state index contributed by atoms with van der Waals surface area (Å²) in [7, 11) is 2.12. The monoisotopic (exact) mass is 263 g/mol. The van der Waals surface area contributed by atoms with Crippen LogP contribution in [0.15, 0.2) is 24.3 Å². The van der Waals surface area contributed by atoms with Crippen molar-refractivity contribution >= 4 is 11.7 Å². The van der Waals surface area contributed by atoms with Crippen molar-refractivity contribution in [3.8, 4) is 0 Å². The molecule has 1 N–H and O–H groups in total. The molecule has 4 nitrogen and oxygen atoms in total. The van der Waals surface area contributed by atoms with Gasteiger partial charge in [0.05, 0.1) is 0 Å². The largest absolute Gasteiger partial charge is 0.322 e. The molecule has 1 aromatic carbocycles. The van der Waals surface area contributed by atoms with E-state index in [0.717, 1.165) is 26.1 Å². The van der Waals surface area contributed by atoms with Gasteiger partial charge in [0.1, 0.15) is 5.82 Å². The highest BCUT2D eigenvalue weighted by atomic mass is 19.1. The molecule has 3 rings (SSSR count). The van der Waals surface area contributed by atoms with Gasteiger partial charge in [-0.1, -0.05) is 0 Å². The molecular formula is C14H18FN3O. The standard InChI is InChI=1S/C14H18FN3O/c1-17-7-6-13-10(8-17)9-18(13)14(19)16-12-4-2-11(15)3-5-12/h2-5,10,13H,6-9H2,1H3,(H,16,19)/t10-,13-/m1/s1. The number of nitrogens with zero attached hydrogens (tertiary/aromatic N) is 2. The van der Waals surface area contributed by atoms with Crippen LogP contribution in [-0.2, 0) is 0 Å². The summed E-state index contributed by atoms with van der Waals surface area (Å²) in [4.78, 5) is 16.3. The van der Waals surface area contributed by atoms with Crippen LogP contribution >= 0.6 is 0 Å². The van der Waals surface area contributed by atoms with Gasteiger partial charge >= 0.3 is 6.03 Å². The first-order valence-electron chi connectivity index (χ1n) is 6.65. The first-order chi connectivity index (χ1) is 9.13. The lowest BCUT2D eigenvalue weighted by Gasteiger charge is -2.52. The molecule has 102 valence electrons. The Hall–Kier alpha value is -1.62. The summed E-state index contributed by atoms with van der Waals surface area (Å²) in [6.45, 7) is 2.94. The smallest absolute Gasteiger partial charge is 0.321 e. The zero-order valence-electron chi connectivity index (χ0n) is 11.0. The molecule has 0 saturated carbocycles. The number of nitrogens with one attached hydrogen (secondary N) is 1. The Morgan fingerprint density at radius 2 is 2.05 bits per heavy atom. The van der Waals surface area contributed by atoms with Crippen LogP contribution in [-0.4, -0.2) is 48.6 Å². The molecule has 2 aliphatic heterocycles. The fourth-order valence-corrected chi connectivity index (χ4v) is 3.00. The molecule has 19 heavy (non-hydrogen) atoms. The Labute approximate surface area is 112 Å². The van der Waals surface area contributed by atoms with E-state index >= 15 is 0 Å². The minimum Gasteiger partial charge on any atom is -0.321 e. The molecule has 2 amide bonds. The fraction of sp³-hybridized carbons (Fsp3) is 0.500. The predicted octanol–water partition coefficient (Wildman–Crippen LogP) is 1.99. The third-order valence-electron chi connectivity index (χ3n) is 4.08. The van der Waals surface area contributed by atoms with Crippen molar-refractivity contribution in [2.45, 2.75) is 12.5 Å². The Morgan fingerprint density at radius 1 is 1.32 bits per heavy atom. The number of piperidine rings is 1. The molecule has 0 spiro atoms. The van der Waals surface area contributed by atoms with Gasteiger partial charge in [0, 0.05) is 30.7 Å². The minimum atomic E-state index is -0.294. The second kappa shape index (κ2) is 4.81. The molecule has 0 unspecified atom stereocenters. The maximum absolute atomic E-state index is 12.8. The normalized spacial score (nSPS) is 26.5. The topological polar surface area (TPSA) is 35.6 Å². The highest BCUT2D eigenvalue weighted by Gasteiger charge is 2.44. The number of amides is 2. The molecule has 2 fully saturated rings. The van der Waals surface area contributed by atoms with E-state index in [1.165, 1.54) is 12.1 Å². The van der Waals surface area contributed by atoms with Crippen LogP contribution in [0.4, 0.5) is 14.9 Å². The van der Waals surface area contributed by atoms with Crippen molar-refractivity contribution < 1.29 is 9.18 Å².